The summed E-state index contributed by atoms with van der Waals surface area (Å²) in [5.41, 5.74) is 4.48. The molecule has 32 heavy (non-hydrogen) atoms. The van der Waals surface area contributed by atoms with Gasteiger partial charge in [-0.2, -0.15) is 0 Å². The van der Waals surface area contributed by atoms with Crippen molar-refractivity contribution in [3.8, 4) is 0 Å². The Morgan fingerprint density at radius 1 is 0.938 bits per heavy atom. The lowest BCUT2D eigenvalue weighted by atomic mass is 9.86. The van der Waals surface area contributed by atoms with Gasteiger partial charge in [0.1, 0.15) is 0 Å². The van der Waals surface area contributed by atoms with Crippen LogP contribution in [0.15, 0.2) is 54.6 Å². The Bertz CT molecular complexity index is 1230. The van der Waals surface area contributed by atoms with Crippen LogP contribution in [0.1, 0.15) is 50.2 Å². The van der Waals surface area contributed by atoms with E-state index in [2.05, 4.69) is 0 Å². The topological polar surface area (TPSA) is 57.6 Å². The van der Waals surface area contributed by atoms with Crippen molar-refractivity contribution in [2.45, 2.75) is 46.3 Å². The highest BCUT2D eigenvalue weighted by molar-refractivity contribution is 6.31. The van der Waals surface area contributed by atoms with Crippen LogP contribution in [0.3, 0.4) is 0 Å². The van der Waals surface area contributed by atoms with Crippen molar-refractivity contribution < 1.29 is 14.7 Å². The van der Waals surface area contributed by atoms with Gasteiger partial charge in [-0.3, -0.25) is 9.59 Å². The largest absolute Gasteiger partial charge is 0.375 e. The summed E-state index contributed by atoms with van der Waals surface area (Å²) in [4.78, 5) is 28.3. The van der Waals surface area contributed by atoms with Crippen LogP contribution in [0, 0.1) is 27.7 Å². The van der Waals surface area contributed by atoms with Gasteiger partial charge < -0.3 is 10.0 Å². The molecule has 1 amide bonds. The van der Waals surface area contributed by atoms with Crippen LogP contribution in [-0.4, -0.2) is 16.8 Å². The normalized spacial score (nSPS) is 17.6. The average molecular weight is 448 g/mol. The molecule has 0 bridgehead atoms. The average Bonchev–Trinajstić information content (AvgIpc) is 2.93. The van der Waals surface area contributed by atoms with Crippen molar-refractivity contribution in [2.24, 2.45) is 0 Å². The van der Waals surface area contributed by atoms with E-state index < -0.39 is 11.5 Å². The smallest absolute Gasteiger partial charge is 0.264 e. The van der Waals surface area contributed by atoms with Crippen LogP contribution in [-0.2, 0) is 16.9 Å². The molecule has 1 aliphatic heterocycles. The highest BCUT2D eigenvalue weighted by Crippen LogP contribution is 2.45. The molecule has 0 aromatic heterocycles. The van der Waals surface area contributed by atoms with Gasteiger partial charge in [0.2, 0.25) is 0 Å². The second-order valence-electron chi connectivity index (χ2n) is 8.75. The number of fused-ring (bicyclic) bond motifs is 1. The first-order valence-corrected chi connectivity index (χ1v) is 11.0. The molecule has 1 N–H and O–H groups in total. The minimum atomic E-state index is -1.97. The van der Waals surface area contributed by atoms with Gasteiger partial charge in [-0.05, 0) is 74.2 Å². The third-order valence-corrected chi connectivity index (χ3v) is 6.55. The Morgan fingerprint density at radius 2 is 1.59 bits per heavy atom. The predicted molar refractivity (Wildman–Crippen MR) is 127 cm³/mol. The number of Topliss-reactive ketones (excluding diaryl/α,β-unsaturated/α-hetero) is 1. The van der Waals surface area contributed by atoms with E-state index in [4.69, 9.17) is 11.6 Å². The number of nitrogens with zero attached hydrogens (tertiary/aromatic N) is 1. The molecule has 0 fully saturated rings. The maximum absolute atomic E-state index is 13.5. The number of halogens is 1. The molecular weight excluding hydrogens is 422 g/mol. The molecule has 4 rings (SSSR count). The van der Waals surface area contributed by atoms with Gasteiger partial charge in [0.15, 0.2) is 11.4 Å². The Hall–Kier alpha value is -2.95. The van der Waals surface area contributed by atoms with E-state index in [1.807, 2.05) is 64.1 Å². The van der Waals surface area contributed by atoms with Crippen LogP contribution < -0.4 is 4.90 Å². The molecule has 3 aromatic rings. The molecule has 164 valence electrons. The summed E-state index contributed by atoms with van der Waals surface area (Å²) in [6.07, 6.45) is -0.340. The second kappa shape index (κ2) is 8.19. The number of carbonyl (C=O) groups is 2. The first kappa shape index (κ1) is 22.3. The fraction of sp³-hybridized carbons (Fsp3) is 0.259. The van der Waals surface area contributed by atoms with Crippen molar-refractivity contribution in [3.63, 3.8) is 0 Å². The lowest BCUT2D eigenvalue weighted by molar-refractivity contribution is -0.136. The molecule has 0 saturated carbocycles. The molecule has 0 saturated heterocycles. The van der Waals surface area contributed by atoms with Gasteiger partial charge >= 0.3 is 0 Å². The fourth-order valence-corrected chi connectivity index (χ4v) is 4.49. The molecule has 3 aromatic carbocycles. The maximum Gasteiger partial charge on any atom is 0.264 e. The van der Waals surface area contributed by atoms with Crippen LogP contribution in [0.25, 0.3) is 0 Å². The van der Waals surface area contributed by atoms with E-state index in [0.717, 1.165) is 27.8 Å². The van der Waals surface area contributed by atoms with Crippen LogP contribution in [0.4, 0.5) is 5.69 Å². The molecule has 0 aliphatic carbocycles. The van der Waals surface area contributed by atoms with Crippen molar-refractivity contribution in [1.82, 2.24) is 0 Å². The Kier molecular flexibility index (Phi) is 5.70. The van der Waals surface area contributed by atoms with Gasteiger partial charge in [-0.1, -0.05) is 47.5 Å². The third kappa shape index (κ3) is 3.85. The standard InChI is InChI=1S/C27H26ClNO3/c1-16-5-7-20(8-6-16)15-29-24-10-9-21(28)13-23(24)27(32,26(29)31)14-25(30)22-12-18(3)17(2)11-19(22)4/h5-13,32H,14-15H2,1-4H3. The van der Waals surface area contributed by atoms with Crippen molar-refractivity contribution >= 4 is 29.0 Å². The van der Waals surface area contributed by atoms with E-state index in [1.54, 1.807) is 18.2 Å². The van der Waals surface area contributed by atoms with Gasteiger partial charge in [0, 0.05) is 16.1 Å². The number of hydrogen-bond donors (Lipinski definition) is 1. The molecule has 0 radical (unpaired) electrons. The van der Waals surface area contributed by atoms with E-state index in [-0.39, 0.29) is 12.2 Å². The number of carbonyl (C=O) groups excluding carboxylic acids is 2. The summed E-state index contributed by atoms with van der Waals surface area (Å²) in [6.45, 7) is 8.11. The molecule has 0 spiro atoms. The number of aliphatic hydroxyl groups is 1. The summed E-state index contributed by atoms with van der Waals surface area (Å²) >= 11 is 6.21. The maximum atomic E-state index is 13.5. The van der Waals surface area contributed by atoms with E-state index >= 15 is 0 Å². The Labute approximate surface area is 193 Å². The molecule has 1 aliphatic rings. The zero-order valence-electron chi connectivity index (χ0n) is 18.7. The number of amides is 1. The Balaban J connectivity index is 1.72. The van der Waals surface area contributed by atoms with Gasteiger partial charge in [0.25, 0.3) is 5.91 Å². The number of hydrogen-bond acceptors (Lipinski definition) is 3. The fourth-order valence-electron chi connectivity index (χ4n) is 4.32. The van der Waals surface area contributed by atoms with Gasteiger partial charge in [-0.15, -0.1) is 0 Å². The molecule has 4 nitrogen and oxygen atoms in total. The predicted octanol–water partition coefficient (Wildman–Crippen LogP) is 5.58. The third-order valence-electron chi connectivity index (χ3n) is 6.31. The quantitative estimate of drug-likeness (QED) is 0.519. The highest BCUT2D eigenvalue weighted by atomic mass is 35.5. The minimum Gasteiger partial charge on any atom is -0.375 e. The highest BCUT2D eigenvalue weighted by Gasteiger charge is 2.51. The monoisotopic (exact) mass is 447 g/mol. The first-order valence-electron chi connectivity index (χ1n) is 10.6. The van der Waals surface area contributed by atoms with Gasteiger partial charge in [-0.25, -0.2) is 0 Å². The zero-order chi connectivity index (χ0) is 23.2. The second-order valence-corrected chi connectivity index (χ2v) is 9.19. The summed E-state index contributed by atoms with van der Waals surface area (Å²) < 4.78 is 0. The summed E-state index contributed by atoms with van der Waals surface area (Å²) in [6, 6.07) is 16.7. The van der Waals surface area contributed by atoms with E-state index in [1.165, 1.54) is 4.90 Å². The number of rotatable bonds is 5. The Morgan fingerprint density at radius 3 is 2.28 bits per heavy atom. The number of aryl methyl sites for hydroxylation is 4. The molecule has 1 heterocycles. The summed E-state index contributed by atoms with van der Waals surface area (Å²) in [5.74, 6) is -0.783. The molecule has 1 unspecified atom stereocenters. The summed E-state index contributed by atoms with van der Waals surface area (Å²) in [7, 11) is 0. The summed E-state index contributed by atoms with van der Waals surface area (Å²) in [5, 5.41) is 12.0. The van der Waals surface area contributed by atoms with Crippen LogP contribution >= 0.6 is 11.6 Å². The van der Waals surface area contributed by atoms with Crippen molar-refractivity contribution in [1.29, 1.82) is 0 Å². The molecular formula is C27H26ClNO3. The van der Waals surface area contributed by atoms with Crippen LogP contribution in [0.2, 0.25) is 5.02 Å². The lowest BCUT2D eigenvalue weighted by Gasteiger charge is -2.23. The lowest BCUT2D eigenvalue weighted by Crippen LogP contribution is -2.41. The van der Waals surface area contributed by atoms with Crippen molar-refractivity contribution in [2.75, 3.05) is 4.90 Å². The molecule has 1 atom stereocenters. The van der Waals surface area contributed by atoms with E-state index in [0.29, 0.717) is 28.4 Å². The minimum absolute atomic E-state index is 0.274. The number of anilines is 1. The van der Waals surface area contributed by atoms with Crippen LogP contribution in [0.5, 0.6) is 0 Å². The first-order chi connectivity index (χ1) is 15.1. The zero-order valence-corrected chi connectivity index (χ0v) is 19.5. The van der Waals surface area contributed by atoms with Gasteiger partial charge in [0.05, 0.1) is 18.7 Å². The van der Waals surface area contributed by atoms with Crippen molar-refractivity contribution in [3.05, 3.63) is 98.6 Å². The SMILES string of the molecule is Cc1ccc(CN2C(=O)C(O)(CC(=O)c3cc(C)c(C)cc3C)c3cc(Cl)ccc32)cc1. The number of benzene rings is 3. The molecule has 5 heteroatoms. The number of ketones is 1. The van der Waals surface area contributed by atoms with E-state index in [9.17, 15) is 14.7 Å².